The number of carboxylic acids is 1. The van der Waals surface area contributed by atoms with Crippen molar-refractivity contribution < 1.29 is 14.6 Å². The summed E-state index contributed by atoms with van der Waals surface area (Å²) in [5.41, 5.74) is 1.66. The first-order valence-electron chi connectivity index (χ1n) is 6.09. The maximum atomic E-state index is 10.5. The summed E-state index contributed by atoms with van der Waals surface area (Å²) in [7, 11) is 0. The number of carbonyl (C=O) groups is 1. The average molecular weight is 323 g/mol. The summed E-state index contributed by atoms with van der Waals surface area (Å²) in [6, 6.07) is 10.3. The number of ether oxygens (including phenoxy) is 1. The third-order valence-electron chi connectivity index (χ3n) is 2.68. The molecular formula is C16H12Cl2O3. The summed E-state index contributed by atoms with van der Waals surface area (Å²) in [6.45, 7) is 1.87. The summed E-state index contributed by atoms with van der Waals surface area (Å²) in [6.07, 6.45) is 2.61. The van der Waals surface area contributed by atoms with Gasteiger partial charge in [0.1, 0.15) is 11.5 Å². The summed E-state index contributed by atoms with van der Waals surface area (Å²) in [4.78, 5) is 10.5. The summed E-state index contributed by atoms with van der Waals surface area (Å²) in [5.74, 6) is 0.215. The van der Waals surface area contributed by atoms with E-state index in [0.29, 0.717) is 21.5 Å². The van der Waals surface area contributed by atoms with Crippen LogP contribution in [0.4, 0.5) is 0 Å². The first kappa shape index (κ1) is 15.4. The number of aryl methyl sites for hydroxylation is 1. The van der Waals surface area contributed by atoms with Gasteiger partial charge in [0.25, 0.3) is 0 Å². The molecule has 0 aliphatic rings. The second-order valence-corrected chi connectivity index (χ2v) is 5.28. The van der Waals surface area contributed by atoms with Crippen LogP contribution >= 0.6 is 23.2 Å². The SMILES string of the molecule is Cc1cc(C=CC(=O)O)ccc1Oc1cc(Cl)cc(Cl)c1. The summed E-state index contributed by atoms with van der Waals surface area (Å²) in [5, 5.41) is 9.60. The van der Waals surface area contributed by atoms with Crippen molar-refractivity contribution >= 4 is 35.2 Å². The highest BCUT2D eigenvalue weighted by Crippen LogP contribution is 2.30. The van der Waals surface area contributed by atoms with Crippen LogP contribution in [0.1, 0.15) is 11.1 Å². The van der Waals surface area contributed by atoms with Crippen LogP contribution in [0.2, 0.25) is 10.0 Å². The molecule has 21 heavy (non-hydrogen) atoms. The largest absolute Gasteiger partial charge is 0.478 e. The lowest BCUT2D eigenvalue weighted by Crippen LogP contribution is -1.89. The van der Waals surface area contributed by atoms with E-state index in [-0.39, 0.29) is 0 Å². The molecule has 0 fully saturated rings. The maximum absolute atomic E-state index is 10.5. The Kier molecular flexibility index (Phi) is 4.89. The Hall–Kier alpha value is -1.97. The minimum Gasteiger partial charge on any atom is -0.478 e. The Bertz CT molecular complexity index is 688. The zero-order valence-electron chi connectivity index (χ0n) is 11.1. The number of aliphatic carboxylic acids is 1. The normalized spacial score (nSPS) is 10.8. The molecule has 2 aromatic carbocycles. The van der Waals surface area contributed by atoms with Crippen molar-refractivity contribution in [1.82, 2.24) is 0 Å². The molecule has 2 aromatic rings. The van der Waals surface area contributed by atoms with Gasteiger partial charge < -0.3 is 9.84 Å². The number of halogens is 2. The lowest BCUT2D eigenvalue weighted by atomic mass is 10.1. The first-order valence-corrected chi connectivity index (χ1v) is 6.85. The van der Waals surface area contributed by atoms with Gasteiger partial charge >= 0.3 is 5.97 Å². The first-order chi connectivity index (χ1) is 9.94. The Morgan fingerprint density at radius 1 is 1.14 bits per heavy atom. The molecule has 0 saturated heterocycles. The quantitative estimate of drug-likeness (QED) is 0.787. The van der Waals surface area contributed by atoms with Crippen molar-refractivity contribution in [3.8, 4) is 11.5 Å². The van der Waals surface area contributed by atoms with Crippen LogP contribution in [-0.4, -0.2) is 11.1 Å². The molecule has 0 bridgehead atoms. The number of hydrogen-bond acceptors (Lipinski definition) is 2. The van der Waals surface area contributed by atoms with Crippen molar-refractivity contribution in [2.75, 3.05) is 0 Å². The van der Waals surface area contributed by atoms with Crippen molar-refractivity contribution in [3.05, 3.63) is 63.6 Å². The van der Waals surface area contributed by atoms with Gasteiger partial charge in [0.15, 0.2) is 0 Å². The molecule has 0 radical (unpaired) electrons. The zero-order valence-corrected chi connectivity index (χ0v) is 12.7. The van der Waals surface area contributed by atoms with Gasteiger partial charge in [-0.05, 0) is 54.5 Å². The van der Waals surface area contributed by atoms with Crippen LogP contribution in [0.25, 0.3) is 6.08 Å². The number of rotatable bonds is 4. The second kappa shape index (κ2) is 6.66. The molecular weight excluding hydrogens is 311 g/mol. The van der Waals surface area contributed by atoms with Crippen molar-refractivity contribution in [2.24, 2.45) is 0 Å². The molecule has 3 nitrogen and oxygen atoms in total. The Morgan fingerprint density at radius 3 is 2.38 bits per heavy atom. The van der Waals surface area contributed by atoms with Crippen LogP contribution in [0.5, 0.6) is 11.5 Å². The third-order valence-corrected chi connectivity index (χ3v) is 3.12. The van der Waals surface area contributed by atoms with Crippen LogP contribution in [0, 0.1) is 6.92 Å². The van der Waals surface area contributed by atoms with E-state index in [2.05, 4.69) is 0 Å². The van der Waals surface area contributed by atoms with E-state index < -0.39 is 5.97 Å². The van der Waals surface area contributed by atoms with Gasteiger partial charge in [-0.2, -0.15) is 0 Å². The highest BCUT2D eigenvalue weighted by atomic mass is 35.5. The van der Waals surface area contributed by atoms with Gasteiger partial charge in [-0.3, -0.25) is 0 Å². The standard InChI is InChI=1S/C16H12Cl2O3/c1-10-6-11(3-5-16(19)20)2-4-15(10)21-14-8-12(17)7-13(18)9-14/h2-9H,1H3,(H,19,20). The van der Waals surface area contributed by atoms with Gasteiger partial charge in [-0.1, -0.05) is 29.3 Å². The van der Waals surface area contributed by atoms with Crippen LogP contribution in [0.15, 0.2) is 42.5 Å². The van der Waals surface area contributed by atoms with E-state index in [9.17, 15) is 4.79 Å². The minimum atomic E-state index is -0.985. The molecule has 1 N–H and O–H groups in total. The number of carboxylic acid groups (broad SMARTS) is 1. The van der Waals surface area contributed by atoms with Gasteiger partial charge in [0, 0.05) is 16.1 Å². The zero-order chi connectivity index (χ0) is 15.4. The minimum absolute atomic E-state index is 0.496. The smallest absolute Gasteiger partial charge is 0.328 e. The molecule has 0 unspecified atom stereocenters. The van der Waals surface area contributed by atoms with Gasteiger partial charge in [0.05, 0.1) is 0 Å². The molecule has 0 spiro atoms. The molecule has 0 atom stereocenters. The maximum Gasteiger partial charge on any atom is 0.328 e. The molecule has 0 saturated carbocycles. The van der Waals surface area contributed by atoms with Gasteiger partial charge in [-0.15, -0.1) is 0 Å². The predicted octanol–water partition coefficient (Wildman–Crippen LogP) is 5.19. The van der Waals surface area contributed by atoms with E-state index in [1.165, 1.54) is 6.08 Å². The molecule has 0 heterocycles. The van der Waals surface area contributed by atoms with E-state index in [0.717, 1.165) is 17.2 Å². The molecule has 2 rings (SSSR count). The van der Waals surface area contributed by atoms with E-state index in [1.807, 2.05) is 13.0 Å². The highest BCUT2D eigenvalue weighted by Gasteiger charge is 2.04. The highest BCUT2D eigenvalue weighted by molar-refractivity contribution is 6.34. The second-order valence-electron chi connectivity index (χ2n) is 4.40. The Morgan fingerprint density at radius 2 is 1.81 bits per heavy atom. The number of benzene rings is 2. The average Bonchev–Trinajstić information content (AvgIpc) is 2.38. The topological polar surface area (TPSA) is 46.5 Å². The van der Waals surface area contributed by atoms with E-state index >= 15 is 0 Å². The van der Waals surface area contributed by atoms with Crippen molar-refractivity contribution in [2.45, 2.75) is 6.92 Å². The van der Waals surface area contributed by atoms with E-state index in [4.69, 9.17) is 33.0 Å². The van der Waals surface area contributed by atoms with Crippen LogP contribution < -0.4 is 4.74 Å². The van der Waals surface area contributed by atoms with Crippen molar-refractivity contribution in [3.63, 3.8) is 0 Å². The molecule has 0 aliphatic heterocycles. The Balaban J connectivity index is 2.23. The van der Waals surface area contributed by atoms with Gasteiger partial charge in [0.2, 0.25) is 0 Å². The van der Waals surface area contributed by atoms with Crippen molar-refractivity contribution in [1.29, 1.82) is 0 Å². The fourth-order valence-corrected chi connectivity index (χ4v) is 2.28. The van der Waals surface area contributed by atoms with Gasteiger partial charge in [-0.25, -0.2) is 4.79 Å². The lowest BCUT2D eigenvalue weighted by Gasteiger charge is -2.10. The van der Waals surface area contributed by atoms with E-state index in [1.54, 1.807) is 30.3 Å². The molecule has 5 heteroatoms. The third kappa shape index (κ3) is 4.52. The van der Waals surface area contributed by atoms with Crippen LogP contribution in [-0.2, 0) is 4.79 Å². The fourth-order valence-electron chi connectivity index (χ4n) is 1.77. The fraction of sp³-hybridized carbons (Fsp3) is 0.0625. The Labute approximate surface area is 132 Å². The monoisotopic (exact) mass is 322 g/mol. The molecule has 0 aliphatic carbocycles. The summed E-state index contributed by atoms with van der Waals surface area (Å²) < 4.78 is 5.74. The predicted molar refractivity (Wildman–Crippen MR) is 84.4 cm³/mol. The molecule has 0 amide bonds. The lowest BCUT2D eigenvalue weighted by molar-refractivity contribution is -0.131. The molecule has 108 valence electrons. The van der Waals surface area contributed by atoms with Crippen LogP contribution in [0.3, 0.4) is 0 Å². The number of hydrogen-bond donors (Lipinski definition) is 1. The molecule has 0 aromatic heterocycles. The summed E-state index contributed by atoms with van der Waals surface area (Å²) >= 11 is 11.8.